The van der Waals surface area contributed by atoms with Crippen LogP contribution < -0.4 is 20.1 Å². The molecule has 142 valence electrons. The van der Waals surface area contributed by atoms with Crippen molar-refractivity contribution in [2.24, 2.45) is 0 Å². The fourth-order valence-corrected chi connectivity index (χ4v) is 2.60. The van der Waals surface area contributed by atoms with Crippen molar-refractivity contribution in [1.29, 1.82) is 0 Å². The molecule has 0 aromatic heterocycles. The molecule has 0 aliphatic heterocycles. The highest BCUT2D eigenvalue weighted by molar-refractivity contribution is 9.10. The van der Waals surface area contributed by atoms with Crippen molar-refractivity contribution in [1.82, 2.24) is 10.6 Å². The van der Waals surface area contributed by atoms with Crippen molar-refractivity contribution in [2.45, 2.75) is 38.3 Å². The fraction of sp³-hybridized carbons (Fsp3) is 0.471. The molecule has 3 amide bonds. The molecule has 1 aliphatic rings. The number of rotatable bonds is 7. The van der Waals surface area contributed by atoms with E-state index in [9.17, 15) is 14.4 Å². The van der Waals surface area contributed by atoms with Gasteiger partial charge in [0.25, 0.3) is 5.91 Å². The van der Waals surface area contributed by atoms with Crippen molar-refractivity contribution >= 4 is 33.8 Å². The standard InChI is InChI=1S/C17H21BrN2O6/c1-9(16(22)20-17(23)19-11-4-5-11)26-15(21)7-10-6-13(24-2)14(25-3)8-12(10)18/h6,8-9,11H,4-5,7H2,1-3H3,(H2,19,20,22,23)/t9-/m1/s1. The van der Waals surface area contributed by atoms with Gasteiger partial charge < -0.3 is 19.5 Å². The van der Waals surface area contributed by atoms with E-state index < -0.39 is 24.0 Å². The average molecular weight is 429 g/mol. The number of amides is 3. The van der Waals surface area contributed by atoms with Crippen LogP contribution >= 0.6 is 15.9 Å². The smallest absolute Gasteiger partial charge is 0.321 e. The molecule has 1 aromatic carbocycles. The Labute approximate surface area is 159 Å². The zero-order valence-electron chi connectivity index (χ0n) is 14.8. The molecule has 26 heavy (non-hydrogen) atoms. The summed E-state index contributed by atoms with van der Waals surface area (Å²) in [7, 11) is 3.00. The van der Waals surface area contributed by atoms with Gasteiger partial charge in [-0.25, -0.2) is 4.79 Å². The molecule has 0 bridgehead atoms. The highest BCUT2D eigenvalue weighted by Gasteiger charge is 2.26. The monoisotopic (exact) mass is 428 g/mol. The van der Waals surface area contributed by atoms with E-state index in [1.807, 2.05) is 0 Å². The van der Waals surface area contributed by atoms with Gasteiger partial charge in [-0.05, 0) is 37.5 Å². The van der Waals surface area contributed by atoms with Crippen molar-refractivity contribution in [2.75, 3.05) is 14.2 Å². The summed E-state index contributed by atoms with van der Waals surface area (Å²) in [5.74, 6) is -0.294. The zero-order chi connectivity index (χ0) is 19.3. The molecule has 0 spiro atoms. The van der Waals surface area contributed by atoms with Crippen LogP contribution in [0, 0.1) is 0 Å². The molecule has 0 saturated heterocycles. The lowest BCUT2D eigenvalue weighted by atomic mass is 10.1. The van der Waals surface area contributed by atoms with Gasteiger partial charge in [0.2, 0.25) is 0 Å². The predicted octanol–water partition coefficient (Wildman–Crippen LogP) is 1.93. The number of hydrogen-bond acceptors (Lipinski definition) is 6. The first-order chi connectivity index (χ1) is 12.3. The third-order valence-corrected chi connectivity index (χ3v) is 4.45. The lowest BCUT2D eigenvalue weighted by molar-refractivity contribution is -0.153. The van der Waals surface area contributed by atoms with Gasteiger partial charge in [0.15, 0.2) is 17.6 Å². The lowest BCUT2D eigenvalue weighted by Gasteiger charge is -2.15. The lowest BCUT2D eigenvalue weighted by Crippen LogP contribution is -2.45. The second-order valence-electron chi connectivity index (χ2n) is 5.84. The summed E-state index contributed by atoms with van der Waals surface area (Å²) in [4.78, 5) is 35.6. The summed E-state index contributed by atoms with van der Waals surface area (Å²) < 4.78 is 16.1. The van der Waals surface area contributed by atoms with Crippen molar-refractivity contribution in [3.8, 4) is 11.5 Å². The Morgan fingerprint density at radius 1 is 1.19 bits per heavy atom. The number of benzene rings is 1. The van der Waals surface area contributed by atoms with Crippen LogP contribution in [0.25, 0.3) is 0 Å². The Balaban J connectivity index is 1.90. The number of carbonyl (C=O) groups excluding carboxylic acids is 3. The minimum Gasteiger partial charge on any atom is -0.493 e. The minimum absolute atomic E-state index is 0.0766. The van der Waals surface area contributed by atoms with E-state index in [2.05, 4.69) is 26.6 Å². The Morgan fingerprint density at radius 2 is 1.81 bits per heavy atom. The molecule has 0 unspecified atom stereocenters. The fourth-order valence-electron chi connectivity index (χ4n) is 2.14. The molecule has 8 nitrogen and oxygen atoms in total. The van der Waals surface area contributed by atoms with Crippen molar-refractivity contribution < 1.29 is 28.6 Å². The summed E-state index contributed by atoms with van der Waals surface area (Å²) in [6.45, 7) is 1.40. The van der Waals surface area contributed by atoms with Gasteiger partial charge in [0, 0.05) is 10.5 Å². The highest BCUT2D eigenvalue weighted by Crippen LogP contribution is 2.33. The second-order valence-corrected chi connectivity index (χ2v) is 6.70. The van der Waals surface area contributed by atoms with Gasteiger partial charge in [-0.15, -0.1) is 0 Å². The topological polar surface area (TPSA) is 103 Å². The third-order valence-electron chi connectivity index (χ3n) is 3.71. The first-order valence-corrected chi connectivity index (χ1v) is 8.84. The Kier molecular flexibility index (Phi) is 6.84. The van der Waals surface area contributed by atoms with Crippen LogP contribution in [0.5, 0.6) is 11.5 Å². The number of carbonyl (C=O) groups is 3. The number of ether oxygens (including phenoxy) is 3. The van der Waals surface area contributed by atoms with Crippen LogP contribution in [0.4, 0.5) is 4.79 Å². The number of imide groups is 1. The Bertz CT molecular complexity index is 705. The van der Waals surface area contributed by atoms with E-state index in [-0.39, 0.29) is 12.5 Å². The summed E-state index contributed by atoms with van der Waals surface area (Å²) in [5.41, 5.74) is 0.617. The number of nitrogens with one attached hydrogen (secondary N) is 2. The average Bonchev–Trinajstić information content (AvgIpc) is 3.39. The first-order valence-electron chi connectivity index (χ1n) is 8.05. The molecule has 2 rings (SSSR count). The number of urea groups is 1. The molecular formula is C17H21BrN2O6. The molecule has 1 atom stereocenters. The van der Waals surface area contributed by atoms with E-state index in [0.717, 1.165) is 12.8 Å². The molecule has 1 aromatic rings. The van der Waals surface area contributed by atoms with Gasteiger partial charge in [0.05, 0.1) is 20.6 Å². The van der Waals surface area contributed by atoms with Crippen LogP contribution in [-0.4, -0.2) is 44.3 Å². The summed E-state index contributed by atoms with van der Waals surface area (Å²) in [5, 5.41) is 4.77. The van der Waals surface area contributed by atoms with E-state index in [1.54, 1.807) is 12.1 Å². The van der Waals surface area contributed by atoms with E-state index >= 15 is 0 Å². The summed E-state index contributed by atoms with van der Waals surface area (Å²) in [6, 6.07) is 2.88. The highest BCUT2D eigenvalue weighted by atomic mass is 79.9. The van der Waals surface area contributed by atoms with Gasteiger partial charge in [-0.3, -0.25) is 14.9 Å². The second kappa shape index (κ2) is 8.88. The van der Waals surface area contributed by atoms with Gasteiger partial charge in [0.1, 0.15) is 0 Å². The van der Waals surface area contributed by atoms with E-state index in [4.69, 9.17) is 14.2 Å². The summed E-state index contributed by atoms with van der Waals surface area (Å²) in [6.07, 6.45) is 0.650. The van der Waals surface area contributed by atoms with Crippen LogP contribution in [0.15, 0.2) is 16.6 Å². The number of hydrogen-bond donors (Lipinski definition) is 2. The van der Waals surface area contributed by atoms with Crippen molar-refractivity contribution in [3.63, 3.8) is 0 Å². The van der Waals surface area contributed by atoms with Crippen LogP contribution in [0.2, 0.25) is 0 Å². The largest absolute Gasteiger partial charge is 0.493 e. The normalized spacial score (nSPS) is 14.2. The van der Waals surface area contributed by atoms with E-state index in [0.29, 0.717) is 21.5 Å². The summed E-state index contributed by atoms with van der Waals surface area (Å²) >= 11 is 3.36. The molecule has 0 heterocycles. The van der Waals surface area contributed by atoms with Gasteiger partial charge in [-0.1, -0.05) is 15.9 Å². The third kappa shape index (κ3) is 5.62. The number of halogens is 1. The molecule has 0 radical (unpaired) electrons. The first kappa shape index (κ1) is 20.0. The predicted molar refractivity (Wildman–Crippen MR) is 96.2 cm³/mol. The van der Waals surface area contributed by atoms with Gasteiger partial charge >= 0.3 is 12.0 Å². The van der Waals surface area contributed by atoms with Crippen LogP contribution in [0.3, 0.4) is 0 Å². The van der Waals surface area contributed by atoms with E-state index in [1.165, 1.54) is 21.1 Å². The number of methoxy groups -OCH3 is 2. The molecular weight excluding hydrogens is 408 g/mol. The number of esters is 1. The van der Waals surface area contributed by atoms with Crippen molar-refractivity contribution in [3.05, 3.63) is 22.2 Å². The molecule has 9 heteroatoms. The minimum atomic E-state index is -1.09. The van der Waals surface area contributed by atoms with Crippen LogP contribution in [-0.2, 0) is 20.7 Å². The SMILES string of the molecule is COc1cc(Br)c(CC(=O)O[C@H](C)C(=O)NC(=O)NC2CC2)cc1OC. The zero-order valence-corrected chi connectivity index (χ0v) is 16.3. The molecule has 2 N–H and O–H groups in total. The molecule has 1 aliphatic carbocycles. The Hall–Kier alpha value is -2.29. The maximum absolute atomic E-state index is 12.1. The quantitative estimate of drug-likeness (QED) is 0.643. The maximum Gasteiger partial charge on any atom is 0.321 e. The maximum atomic E-state index is 12.1. The molecule has 1 fully saturated rings. The Morgan fingerprint density at radius 3 is 2.38 bits per heavy atom. The van der Waals surface area contributed by atoms with Gasteiger partial charge in [-0.2, -0.15) is 0 Å². The van der Waals surface area contributed by atoms with Crippen LogP contribution in [0.1, 0.15) is 25.3 Å². The molecule has 1 saturated carbocycles.